The number of aromatic nitrogens is 1. The van der Waals surface area contributed by atoms with Gasteiger partial charge in [0.2, 0.25) is 0 Å². The predicted molar refractivity (Wildman–Crippen MR) is 76.9 cm³/mol. The number of nitrogens with two attached hydrogens (primary N) is 1. The standard InChI is InChI=1S/C13H19N3OS/c1-3-17-11-6-10(7-11)16-12-5-9(13(14)18)4-8(2)15-12/h4-5,10-11H,3,6-7H2,1-2H3,(H2,14,18)(H,15,16). The number of nitrogens with zero attached hydrogens (tertiary/aromatic N) is 1. The largest absolute Gasteiger partial charge is 0.389 e. The topological polar surface area (TPSA) is 60.2 Å². The molecule has 5 heteroatoms. The quantitative estimate of drug-likeness (QED) is 0.797. The number of hydrogen-bond donors (Lipinski definition) is 2. The molecule has 3 N–H and O–H groups in total. The fourth-order valence-electron chi connectivity index (χ4n) is 2.15. The van der Waals surface area contributed by atoms with Gasteiger partial charge in [-0.2, -0.15) is 0 Å². The van der Waals surface area contributed by atoms with E-state index in [4.69, 9.17) is 22.7 Å². The van der Waals surface area contributed by atoms with E-state index in [9.17, 15) is 0 Å². The van der Waals surface area contributed by atoms with E-state index in [0.717, 1.165) is 36.5 Å². The van der Waals surface area contributed by atoms with Gasteiger partial charge in [0.05, 0.1) is 6.10 Å². The van der Waals surface area contributed by atoms with Crippen LogP contribution >= 0.6 is 12.2 Å². The number of rotatable bonds is 5. The Morgan fingerprint density at radius 3 is 2.89 bits per heavy atom. The number of nitrogens with one attached hydrogen (secondary N) is 1. The number of anilines is 1. The monoisotopic (exact) mass is 265 g/mol. The van der Waals surface area contributed by atoms with Gasteiger partial charge in [0.1, 0.15) is 10.8 Å². The molecule has 1 saturated carbocycles. The van der Waals surface area contributed by atoms with E-state index in [1.165, 1.54) is 0 Å². The van der Waals surface area contributed by atoms with Crippen LogP contribution in [0.2, 0.25) is 0 Å². The van der Waals surface area contributed by atoms with Crippen LogP contribution in [0.25, 0.3) is 0 Å². The molecule has 0 bridgehead atoms. The molecule has 1 aromatic heterocycles. The van der Waals surface area contributed by atoms with Crippen LogP contribution in [0.3, 0.4) is 0 Å². The van der Waals surface area contributed by atoms with Crippen molar-refractivity contribution in [2.45, 2.75) is 38.8 Å². The molecule has 1 heterocycles. The average molecular weight is 265 g/mol. The van der Waals surface area contributed by atoms with E-state index < -0.39 is 0 Å². The lowest BCUT2D eigenvalue weighted by Crippen LogP contribution is -2.41. The van der Waals surface area contributed by atoms with Crippen LogP contribution in [0, 0.1) is 6.92 Å². The third kappa shape index (κ3) is 3.17. The summed E-state index contributed by atoms with van der Waals surface area (Å²) < 4.78 is 5.53. The second kappa shape index (κ2) is 5.63. The maximum Gasteiger partial charge on any atom is 0.127 e. The fraction of sp³-hybridized carbons (Fsp3) is 0.538. The molecule has 0 aliphatic heterocycles. The van der Waals surface area contributed by atoms with E-state index in [2.05, 4.69) is 10.3 Å². The van der Waals surface area contributed by atoms with Gasteiger partial charge in [-0.05, 0) is 38.8 Å². The Hall–Kier alpha value is -1.20. The second-order valence-corrected chi connectivity index (χ2v) is 5.08. The van der Waals surface area contributed by atoms with E-state index in [1.807, 2.05) is 26.0 Å². The van der Waals surface area contributed by atoms with Crippen LogP contribution in [-0.2, 0) is 4.74 Å². The molecule has 1 fully saturated rings. The molecule has 98 valence electrons. The van der Waals surface area contributed by atoms with Crippen molar-refractivity contribution in [2.75, 3.05) is 11.9 Å². The average Bonchev–Trinajstić information content (AvgIpc) is 2.25. The minimum absolute atomic E-state index is 0.396. The SMILES string of the molecule is CCOC1CC(Nc2cc(C(N)=S)cc(C)n2)C1. The molecule has 1 aliphatic rings. The van der Waals surface area contributed by atoms with E-state index in [1.54, 1.807) is 0 Å². The van der Waals surface area contributed by atoms with Crippen molar-refractivity contribution in [3.8, 4) is 0 Å². The summed E-state index contributed by atoms with van der Waals surface area (Å²) in [5.41, 5.74) is 7.43. The number of ether oxygens (including phenoxy) is 1. The van der Waals surface area contributed by atoms with Gasteiger partial charge < -0.3 is 15.8 Å². The summed E-state index contributed by atoms with van der Waals surface area (Å²) in [6.45, 7) is 4.75. The van der Waals surface area contributed by atoms with Gasteiger partial charge in [0.15, 0.2) is 0 Å². The summed E-state index contributed by atoms with van der Waals surface area (Å²) >= 11 is 4.99. The first-order valence-electron chi connectivity index (χ1n) is 6.25. The highest BCUT2D eigenvalue weighted by molar-refractivity contribution is 7.80. The molecule has 0 spiro atoms. The van der Waals surface area contributed by atoms with Gasteiger partial charge in [-0.15, -0.1) is 0 Å². The highest BCUT2D eigenvalue weighted by Gasteiger charge is 2.29. The highest BCUT2D eigenvalue weighted by Crippen LogP contribution is 2.26. The number of hydrogen-bond acceptors (Lipinski definition) is 4. The zero-order chi connectivity index (χ0) is 13.1. The molecule has 1 aromatic rings. The van der Waals surface area contributed by atoms with Crippen molar-refractivity contribution in [1.29, 1.82) is 0 Å². The van der Waals surface area contributed by atoms with Gasteiger partial charge in [-0.25, -0.2) is 4.98 Å². The second-order valence-electron chi connectivity index (χ2n) is 4.64. The van der Waals surface area contributed by atoms with Crippen LogP contribution in [-0.4, -0.2) is 28.7 Å². The molecule has 0 radical (unpaired) electrons. The Labute approximate surface area is 113 Å². The molecule has 0 saturated heterocycles. The lowest BCUT2D eigenvalue weighted by Gasteiger charge is -2.35. The Bertz CT molecular complexity index is 444. The molecule has 1 aliphatic carbocycles. The van der Waals surface area contributed by atoms with Gasteiger partial charge in [-0.3, -0.25) is 0 Å². The zero-order valence-electron chi connectivity index (χ0n) is 10.8. The van der Waals surface area contributed by atoms with Crippen LogP contribution in [0.15, 0.2) is 12.1 Å². The van der Waals surface area contributed by atoms with Crippen LogP contribution in [0.5, 0.6) is 0 Å². The number of thiocarbonyl (C=S) groups is 1. The molecule has 0 aromatic carbocycles. The first kappa shape index (κ1) is 13.2. The van der Waals surface area contributed by atoms with E-state index >= 15 is 0 Å². The Morgan fingerprint density at radius 1 is 1.56 bits per heavy atom. The third-order valence-corrected chi connectivity index (χ3v) is 3.32. The van der Waals surface area contributed by atoms with E-state index in [0.29, 0.717) is 17.1 Å². The van der Waals surface area contributed by atoms with Gasteiger partial charge in [0, 0.05) is 23.9 Å². The van der Waals surface area contributed by atoms with Crippen molar-refractivity contribution in [1.82, 2.24) is 4.98 Å². The Kier molecular flexibility index (Phi) is 4.14. The summed E-state index contributed by atoms with van der Waals surface area (Å²) in [5, 5.41) is 3.40. The third-order valence-electron chi connectivity index (χ3n) is 3.09. The number of aryl methyl sites for hydroxylation is 1. The summed E-state index contributed by atoms with van der Waals surface area (Å²) in [7, 11) is 0. The first-order valence-corrected chi connectivity index (χ1v) is 6.66. The van der Waals surface area contributed by atoms with Crippen LogP contribution in [0.1, 0.15) is 31.0 Å². The van der Waals surface area contributed by atoms with Crippen molar-refractivity contribution in [3.05, 3.63) is 23.4 Å². The van der Waals surface area contributed by atoms with Gasteiger partial charge in [-0.1, -0.05) is 12.2 Å². The van der Waals surface area contributed by atoms with Crippen molar-refractivity contribution in [3.63, 3.8) is 0 Å². The Morgan fingerprint density at radius 2 is 2.28 bits per heavy atom. The van der Waals surface area contributed by atoms with Crippen molar-refractivity contribution < 1.29 is 4.74 Å². The fourth-order valence-corrected chi connectivity index (χ4v) is 2.27. The summed E-state index contributed by atoms with van der Waals surface area (Å²) in [4.78, 5) is 4.85. The predicted octanol–water partition coefficient (Wildman–Crippen LogP) is 2.00. The van der Waals surface area contributed by atoms with Crippen LogP contribution in [0.4, 0.5) is 5.82 Å². The molecule has 0 amide bonds. The molecule has 2 rings (SSSR count). The zero-order valence-corrected chi connectivity index (χ0v) is 11.6. The molecule has 18 heavy (non-hydrogen) atoms. The highest BCUT2D eigenvalue weighted by atomic mass is 32.1. The maximum atomic E-state index is 5.65. The molecule has 0 atom stereocenters. The Balaban J connectivity index is 1.96. The van der Waals surface area contributed by atoms with Gasteiger partial charge >= 0.3 is 0 Å². The van der Waals surface area contributed by atoms with Crippen molar-refractivity contribution in [2.24, 2.45) is 5.73 Å². The molecule has 4 nitrogen and oxygen atoms in total. The lowest BCUT2D eigenvalue weighted by molar-refractivity contribution is 0.00292. The normalized spacial score (nSPS) is 22.3. The molecular formula is C13H19N3OS. The minimum Gasteiger partial charge on any atom is -0.389 e. The smallest absolute Gasteiger partial charge is 0.127 e. The van der Waals surface area contributed by atoms with Crippen LogP contribution < -0.4 is 11.1 Å². The molecule has 0 unspecified atom stereocenters. The molecular weight excluding hydrogens is 246 g/mol. The lowest BCUT2D eigenvalue weighted by atomic mass is 9.89. The van der Waals surface area contributed by atoms with Gasteiger partial charge in [0.25, 0.3) is 0 Å². The van der Waals surface area contributed by atoms with Crippen molar-refractivity contribution >= 4 is 23.0 Å². The summed E-state index contributed by atoms with van der Waals surface area (Å²) in [6, 6.07) is 4.25. The van der Waals surface area contributed by atoms with E-state index in [-0.39, 0.29) is 0 Å². The summed E-state index contributed by atoms with van der Waals surface area (Å²) in [5.74, 6) is 0.845. The number of pyridine rings is 1. The first-order chi connectivity index (χ1) is 8.58. The summed E-state index contributed by atoms with van der Waals surface area (Å²) in [6.07, 6.45) is 2.46. The maximum absolute atomic E-state index is 5.65. The minimum atomic E-state index is 0.396.